The summed E-state index contributed by atoms with van der Waals surface area (Å²) in [6.45, 7) is 1.28. The first-order valence-electron chi connectivity index (χ1n) is 9.72. The molecule has 0 aliphatic carbocycles. The molecule has 2 aromatic carbocycles. The lowest BCUT2D eigenvalue weighted by Gasteiger charge is -2.26. The number of hydrogen-bond donors (Lipinski definition) is 1. The smallest absolute Gasteiger partial charge is 0.375 e. The molecule has 0 saturated heterocycles. The molecule has 0 radical (unpaired) electrons. The van der Waals surface area contributed by atoms with E-state index in [1.54, 1.807) is 42.5 Å². The molecule has 168 valence electrons. The van der Waals surface area contributed by atoms with Crippen molar-refractivity contribution >= 4 is 21.4 Å². The van der Waals surface area contributed by atoms with Crippen molar-refractivity contribution in [1.82, 2.24) is 15.0 Å². The molecule has 0 amide bonds. The topological polar surface area (TPSA) is 50.9 Å². The highest BCUT2D eigenvalue weighted by Crippen LogP contribution is 2.44. The zero-order valence-corrected chi connectivity index (χ0v) is 17.6. The predicted molar refractivity (Wildman–Crippen MR) is 112 cm³/mol. The second-order valence-electron chi connectivity index (χ2n) is 7.35. The Morgan fingerprint density at radius 2 is 1.81 bits per heavy atom. The molecule has 0 fully saturated rings. The van der Waals surface area contributed by atoms with Crippen molar-refractivity contribution in [3.8, 4) is 11.1 Å². The number of rotatable bonds is 6. The Kier molecular flexibility index (Phi) is 5.76. The molecular formula is C22H18F5N3OS. The van der Waals surface area contributed by atoms with Gasteiger partial charge in [0.1, 0.15) is 5.69 Å². The van der Waals surface area contributed by atoms with Crippen molar-refractivity contribution in [2.24, 2.45) is 0 Å². The number of aromatic nitrogens is 3. The largest absolute Gasteiger partial charge is 0.423 e. The van der Waals surface area contributed by atoms with Crippen molar-refractivity contribution in [3.63, 3.8) is 0 Å². The maximum Gasteiger partial charge on any atom is 0.423 e. The number of alkyl halides is 5. The van der Waals surface area contributed by atoms with Gasteiger partial charge >= 0.3 is 6.18 Å². The van der Waals surface area contributed by atoms with Gasteiger partial charge in [0.2, 0.25) is 5.60 Å². The van der Waals surface area contributed by atoms with Gasteiger partial charge in [0, 0.05) is 15.6 Å². The quantitative estimate of drug-likeness (QED) is 0.338. The number of fused-ring (bicyclic) bond motifs is 1. The predicted octanol–water partition coefficient (Wildman–Crippen LogP) is 6.31. The van der Waals surface area contributed by atoms with Crippen molar-refractivity contribution < 1.29 is 27.1 Å². The van der Waals surface area contributed by atoms with Gasteiger partial charge < -0.3 is 5.11 Å². The lowest BCUT2D eigenvalue weighted by atomic mass is 9.96. The maximum atomic E-state index is 13.7. The molecule has 2 aromatic heterocycles. The molecule has 0 saturated carbocycles. The molecule has 4 nitrogen and oxygen atoms in total. The first-order valence-corrected chi connectivity index (χ1v) is 10.5. The second-order valence-corrected chi connectivity index (χ2v) is 8.44. The van der Waals surface area contributed by atoms with Gasteiger partial charge in [-0.2, -0.15) is 13.2 Å². The summed E-state index contributed by atoms with van der Waals surface area (Å²) in [5.41, 5.74) is -1.85. The Hall–Kier alpha value is -2.85. The van der Waals surface area contributed by atoms with Crippen LogP contribution in [0.25, 0.3) is 21.2 Å². The van der Waals surface area contributed by atoms with Gasteiger partial charge in [0.25, 0.3) is 6.43 Å². The molecule has 0 bridgehead atoms. The Labute approximate surface area is 183 Å². The lowest BCUT2D eigenvalue weighted by Crippen LogP contribution is -2.42. The highest BCUT2D eigenvalue weighted by molar-refractivity contribution is 7.19. The van der Waals surface area contributed by atoms with Crippen LogP contribution in [0.5, 0.6) is 0 Å². The molecule has 0 aliphatic heterocycles. The summed E-state index contributed by atoms with van der Waals surface area (Å²) in [6.07, 6.45) is -7.08. The molecule has 4 aromatic rings. The second kappa shape index (κ2) is 8.25. The van der Waals surface area contributed by atoms with E-state index >= 15 is 0 Å². The molecule has 0 aliphatic rings. The molecule has 4 rings (SSSR count). The Balaban J connectivity index is 1.69. The molecule has 1 N–H and O–H groups in total. The van der Waals surface area contributed by atoms with Crippen LogP contribution in [-0.4, -0.2) is 26.3 Å². The van der Waals surface area contributed by atoms with E-state index in [-0.39, 0.29) is 11.4 Å². The molecular weight excluding hydrogens is 449 g/mol. The van der Waals surface area contributed by atoms with E-state index in [0.717, 1.165) is 17.5 Å². The van der Waals surface area contributed by atoms with Crippen molar-refractivity contribution in [1.29, 1.82) is 0 Å². The molecule has 2 heterocycles. The van der Waals surface area contributed by atoms with Gasteiger partial charge in [-0.15, -0.1) is 16.4 Å². The highest BCUT2D eigenvalue weighted by atomic mass is 32.1. The summed E-state index contributed by atoms with van der Waals surface area (Å²) >= 11 is 0.984. The Bertz CT molecular complexity index is 1240. The average Bonchev–Trinajstić information content (AvgIpc) is 3.37. The monoisotopic (exact) mass is 467 g/mol. The third-order valence-corrected chi connectivity index (χ3v) is 6.49. The minimum Gasteiger partial charge on any atom is -0.375 e. The minimum atomic E-state index is -4.89. The van der Waals surface area contributed by atoms with Crippen LogP contribution in [0.3, 0.4) is 0 Å². The highest BCUT2D eigenvalue weighted by Gasteiger charge is 2.55. The molecule has 1 unspecified atom stereocenters. The summed E-state index contributed by atoms with van der Waals surface area (Å²) in [6, 6.07) is 14.1. The van der Waals surface area contributed by atoms with E-state index in [1.807, 2.05) is 6.07 Å². The van der Waals surface area contributed by atoms with Gasteiger partial charge in [-0.3, -0.25) is 0 Å². The summed E-state index contributed by atoms with van der Waals surface area (Å²) in [4.78, 5) is -0.0374. The normalized spacial score (nSPS) is 14.2. The SMILES string of the molecule is CCC(O)(c1cn(Cc2ccc3c(-c4ccccc4)c(C(F)F)sc3c2)nn1)C(F)(F)F. The Morgan fingerprint density at radius 3 is 2.44 bits per heavy atom. The summed E-state index contributed by atoms with van der Waals surface area (Å²) in [5, 5.41) is 17.9. The van der Waals surface area contributed by atoms with Gasteiger partial charge in [-0.05, 0) is 23.6 Å². The standard InChI is InChI=1S/C22H18F5N3OS/c1-2-21(31,22(25,26)27)17-12-30(29-28-17)11-13-8-9-15-16(10-13)32-19(20(23)24)18(15)14-6-4-3-5-7-14/h3-10,12,20,31H,2,11H2,1H3. The number of hydrogen-bond acceptors (Lipinski definition) is 4. The zero-order chi connectivity index (χ0) is 23.1. The van der Waals surface area contributed by atoms with Gasteiger partial charge in [-0.1, -0.05) is 54.6 Å². The van der Waals surface area contributed by atoms with Gasteiger partial charge in [0.15, 0.2) is 0 Å². The molecule has 0 spiro atoms. The van der Waals surface area contributed by atoms with Crippen molar-refractivity contribution in [2.45, 2.75) is 38.1 Å². The molecule has 32 heavy (non-hydrogen) atoms. The van der Waals surface area contributed by atoms with E-state index in [4.69, 9.17) is 0 Å². The first kappa shape index (κ1) is 22.3. The fourth-order valence-corrected chi connectivity index (χ4v) is 4.74. The third kappa shape index (κ3) is 3.88. The maximum absolute atomic E-state index is 13.7. The van der Waals surface area contributed by atoms with E-state index in [1.165, 1.54) is 11.6 Å². The van der Waals surface area contributed by atoms with Crippen LogP contribution in [0.15, 0.2) is 54.7 Å². The number of nitrogens with zero attached hydrogens (tertiary/aromatic N) is 3. The zero-order valence-electron chi connectivity index (χ0n) is 16.8. The van der Waals surface area contributed by atoms with E-state index in [9.17, 15) is 27.1 Å². The fraction of sp³-hybridized carbons (Fsp3) is 0.273. The van der Waals surface area contributed by atoms with E-state index in [0.29, 0.717) is 26.8 Å². The van der Waals surface area contributed by atoms with Crippen LogP contribution in [0.2, 0.25) is 0 Å². The summed E-state index contributed by atoms with van der Waals surface area (Å²) in [7, 11) is 0. The van der Waals surface area contributed by atoms with Crippen molar-refractivity contribution in [2.75, 3.05) is 0 Å². The van der Waals surface area contributed by atoms with Crippen LogP contribution in [0.4, 0.5) is 22.0 Å². The van der Waals surface area contributed by atoms with E-state index < -0.39 is 30.3 Å². The summed E-state index contributed by atoms with van der Waals surface area (Å²) < 4.78 is 69.0. The van der Waals surface area contributed by atoms with E-state index in [2.05, 4.69) is 10.3 Å². The van der Waals surface area contributed by atoms with Crippen LogP contribution in [0, 0.1) is 0 Å². The van der Waals surface area contributed by atoms with Crippen molar-refractivity contribution in [3.05, 3.63) is 70.9 Å². The minimum absolute atomic E-state index is 0.0374. The number of benzene rings is 2. The van der Waals surface area contributed by atoms with Crippen LogP contribution in [-0.2, 0) is 12.1 Å². The molecule has 1 atom stereocenters. The Morgan fingerprint density at radius 1 is 1.09 bits per heavy atom. The number of aliphatic hydroxyl groups is 1. The lowest BCUT2D eigenvalue weighted by molar-refractivity contribution is -0.269. The fourth-order valence-electron chi connectivity index (χ4n) is 3.59. The van der Waals surface area contributed by atoms with Crippen LogP contribution in [0.1, 0.15) is 35.9 Å². The first-order chi connectivity index (χ1) is 15.1. The third-order valence-electron chi connectivity index (χ3n) is 5.33. The summed E-state index contributed by atoms with van der Waals surface area (Å²) in [5.74, 6) is 0. The van der Waals surface area contributed by atoms with Crippen LogP contribution >= 0.6 is 11.3 Å². The van der Waals surface area contributed by atoms with Gasteiger partial charge in [0.05, 0.1) is 17.6 Å². The number of thiophene rings is 1. The van der Waals surface area contributed by atoms with Crippen LogP contribution < -0.4 is 0 Å². The molecule has 10 heteroatoms. The van der Waals surface area contributed by atoms with Gasteiger partial charge in [-0.25, -0.2) is 13.5 Å². The number of halogens is 5. The average molecular weight is 467 g/mol.